The summed E-state index contributed by atoms with van der Waals surface area (Å²) in [5.74, 6) is -0.586. The summed E-state index contributed by atoms with van der Waals surface area (Å²) in [5, 5.41) is -1.03. The zero-order valence-electron chi connectivity index (χ0n) is 15.6. The first-order valence-corrected chi connectivity index (χ1v) is 14.0. The van der Waals surface area contributed by atoms with Gasteiger partial charge in [0.25, 0.3) is 0 Å². The summed E-state index contributed by atoms with van der Waals surface area (Å²) < 4.78 is 76.7. The molecule has 2 aliphatic heterocycles. The molecule has 2 heterocycles. The third-order valence-electron chi connectivity index (χ3n) is 5.50. The molecule has 0 radical (unpaired) electrons. The maximum Gasteiger partial charge on any atom is 0.243 e. The highest BCUT2D eigenvalue weighted by Crippen LogP contribution is 2.29. The highest BCUT2D eigenvalue weighted by Gasteiger charge is 2.38. The van der Waals surface area contributed by atoms with Gasteiger partial charge >= 0.3 is 0 Å². The molecular formula is C19H21NO6S3. The Morgan fingerprint density at radius 3 is 2.28 bits per heavy atom. The number of sulfone groups is 2. The predicted octanol–water partition coefficient (Wildman–Crippen LogP) is 1.39. The Kier molecular flexibility index (Phi) is 5.09. The summed E-state index contributed by atoms with van der Waals surface area (Å²) in [7, 11) is -11.2. The third kappa shape index (κ3) is 3.86. The van der Waals surface area contributed by atoms with Crippen molar-refractivity contribution in [2.45, 2.75) is 34.4 Å². The molecule has 7 nitrogen and oxygen atoms in total. The van der Waals surface area contributed by atoms with E-state index in [-0.39, 0.29) is 28.5 Å². The van der Waals surface area contributed by atoms with Crippen molar-refractivity contribution >= 4 is 29.7 Å². The van der Waals surface area contributed by atoms with Gasteiger partial charge in [0.2, 0.25) is 10.0 Å². The lowest BCUT2D eigenvalue weighted by Crippen LogP contribution is -2.36. The normalized spacial score (nSPS) is 22.3. The SMILES string of the molecule is O=S1(=O)CCC(S(=O)(=O)c2cccc(S(=O)(=O)N3CCc4ccccc4C3)c2)C1. The highest BCUT2D eigenvalue weighted by molar-refractivity contribution is 7.96. The van der Waals surface area contributed by atoms with Crippen molar-refractivity contribution in [3.8, 4) is 0 Å². The van der Waals surface area contributed by atoms with Crippen LogP contribution in [0.5, 0.6) is 0 Å². The van der Waals surface area contributed by atoms with Gasteiger partial charge < -0.3 is 0 Å². The minimum Gasteiger partial charge on any atom is -0.229 e. The molecule has 156 valence electrons. The second kappa shape index (κ2) is 7.19. The van der Waals surface area contributed by atoms with E-state index in [0.717, 1.165) is 17.2 Å². The molecule has 1 atom stereocenters. The molecule has 0 saturated carbocycles. The van der Waals surface area contributed by atoms with Gasteiger partial charge in [-0.3, -0.25) is 0 Å². The standard InChI is InChI=1S/C19H21NO6S3/c21-27(22)11-9-19(14-27)28(23,24)17-6-3-7-18(12-17)29(25,26)20-10-8-15-4-1-2-5-16(15)13-20/h1-7,12,19H,8-11,13-14H2. The number of sulfonamides is 1. The van der Waals surface area contributed by atoms with Crippen molar-refractivity contribution < 1.29 is 25.3 Å². The van der Waals surface area contributed by atoms with E-state index in [1.54, 1.807) is 0 Å². The number of fused-ring (bicyclic) bond motifs is 1. The third-order valence-corrected chi connectivity index (χ3v) is 11.5. The largest absolute Gasteiger partial charge is 0.243 e. The molecule has 0 spiro atoms. The molecule has 2 aromatic rings. The summed E-state index contributed by atoms with van der Waals surface area (Å²) in [6, 6.07) is 12.9. The van der Waals surface area contributed by atoms with E-state index in [0.29, 0.717) is 13.0 Å². The summed E-state index contributed by atoms with van der Waals surface area (Å²) >= 11 is 0. The van der Waals surface area contributed by atoms with Crippen LogP contribution in [0, 0.1) is 0 Å². The lowest BCUT2D eigenvalue weighted by Gasteiger charge is -2.28. The van der Waals surface area contributed by atoms with Gasteiger partial charge in [-0.1, -0.05) is 30.3 Å². The number of hydrogen-bond acceptors (Lipinski definition) is 6. The fourth-order valence-corrected chi connectivity index (χ4v) is 9.78. The number of rotatable bonds is 4. The van der Waals surface area contributed by atoms with Crippen molar-refractivity contribution in [3.05, 3.63) is 59.7 Å². The van der Waals surface area contributed by atoms with Crippen LogP contribution in [0.3, 0.4) is 0 Å². The lowest BCUT2D eigenvalue weighted by atomic mass is 10.0. The molecule has 2 aliphatic rings. The van der Waals surface area contributed by atoms with Crippen molar-refractivity contribution in [2.24, 2.45) is 0 Å². The van der Waals surface area contributed by atoms with Gasteiger partial charge in [0.1, 0.15) is 0 Å². The zero-order valence-corrected chi connectivity index (χ0v) is 18.0. The molecule has 29 heavy (non-hydrogen) atoms. The maximum atomic E-state index is 13.1. The smallest absolute Gasteiger partial charge is 0.229 e. The van der Waals surface area contributed by atoms with E-state index in [2.05, 4.69) is 0 Å². The molecule has 10 heteroatoms. The monoisotopic (exact) mass is 455 g/mol. The van der Waals surface area contributed by atoms with E-state index in [9.17, 15) is 25.3 Å². The van der Waals surface area contributed by atoms with Crippen LogP contribution < -0.4 is 0 Å². The molecule has 1 fully saturated rings. The maximum absolute atomic E-state index is 13.1. The Morgan fingerprint density at radius 2 is 1.59 bits per heavy atom. The van der Waals surface area contributed by atoms with Gasteiger partial charge in [0.15, 0.2) is 19.7 Å². The number of hydrogen-bond donors (Lipinski definition) is 0. The summed E-state index contributed by atoms with van der Waals surface area (Å²) in [6.45, 7) is 0.549. The summed E-state index contributed by atoms with van der Waals surface area (Å²) in [4.78, 5) is -0.253. The average Bonchev–Trinajstić information content (AvgIpc) is 3.08. The summed E-state index contributed by atoms with van der Waals surface area (Å²) in [6.07, 6.45) is 0.623. The predicted molar refractivity (Wildman–Crippen MR) is 108 cm³/mol. The first-order valence-electron chi connectivity index (χ1n) is 9.21. The molecule has 0 bridgehead atoms. The van der Waals surface area contributed by atoms with Crippen LogP contribution in [0.2, 0.25) is 0 Å². The van der Waals surface area contributed by atoms with Gasteiger partial charge in [0.05, 0.1) is 26.5 Å². The summed E-state index contributed by atoms with van der Waals surface area (Å²) in [5.41, 5.74) is 2.04. The first kappa shape index (κ1) is 20.5. The molecule has 0 N–H and O–H groups in total. The second-order valence-electron chi connectivity index (χ2n) is 7.40. The Balaban J connectivity index is 1.65. The Morgan fingerprint density at radius 1 is 0.897 bits per heavy atom. The van der Waals surface area contributed by atoms with E-state index >= 15 is 0 Å². The van der Waals surface area contributed by atoms with Crippen LogP contribution in [0.25, 0.3) is 0 Å². The van der Waals surface area contributed by atoms with E-state index in [1.807, 2.05) is 24.3 Å². The Hall–Kier alpha value is -1.75. The minimum absolute atomic E-state index is 0.0323. The van der Waals surface area contributed by atoms with Gasteiger partial charge in [0, 0.05) is 13.1 Å². The van der Waals surface area contributed by atoms with Crippen LogP contribution in [0.15, 0.2) is 58.3 Å². The Labute approximate surface area is 171 Å². The molecule has 1 saturated heterocycles. The molecule has 0 aliphatic carbocycles. The fourth-order valence-electron chi connectivity index (χ4n) is 3.83. The van der Waals surface area contributed by atoms with Crippen LogP contribution in [0.1, 0.15) is 17.5 Å². The fraction of sp³-hybridized carbons (Fsp3) is 0.368. The second-order valence-corrected chi connectivity index (χ2v) is 13.8. The van der Waals surface area contributed by atoms with Crippen molar-refractivity contribution in [2.75, 3.05) is 18.1 Å². The topological polar surface area (TPSA) is 106 Å². The molecule has 2 aromatic carbocycles. The molecule has 0 aromatic heterocycles. The van der Waals surface area contributed by atoms with E-state index < -0.39 is 40.7 Å². The van der Waals surface area contributed by atoms with Crippen LogP contribution >= 0.6 is 0 Å². The van der Waals surface area contributed by atoms with Gasteiger partial charge in [-0.2, -0.15) is 4.31 Å². The average molecular weight is 456 g/mol. The highest BCUT2D eigenvalue weighted by atomic mass is 32.2. The van der Waals surface area contributed by atoms with Gasteiger partial charge in [-0.25, -0.2) is 25.3 Å². The van der Waals surface area contributed by atoms with Crippen molar-refractivity contribution in [1.82, 2.24) is 4.31 Å². The molecule has 4 rings (SSSR count). The molecule has 1 unspecified atom stereocenters. The van der Waals surface area contributed by atoms with Crippen LogP contribution in [-0.4, -0.2) is 52.9 Å². The minimum atomic E-state index is -3.93. The van der Waals surface area contributed by atoms with E-state index in [1.165, 1.54) is 22.5 Å². The van der Waals surface area contributed by atoms with Crippen LogP contribution in [-0.2, 0) is 42.7 Å². The quantitative estimate of drug-likeness (QED) is 0.690. The van der Waals surface area contributed by atoms with Crippen molar-refractivity contribution in [3.63, 3.8) is 0 Å². The Bertz CT molecular complexity index is 1270. The molecular weight excluding hydrogens is 434 g/mol. The molecule has 0 amide bonds. The van der Waals surface area contributed by atoms with Crippen LogP contribution in [0.4, 0.5) is 0 Å². The van der Waals surface area contributed by atoms with Gasteiger partial charge in [-0.05, 0) is 42.2 Å². The number of benzene rings is 2. The van der Waals surface area contributed by atoms with Gasteiger partial charge in [-0.15, -0.1) is 0 Å². The lowest BCUT2D eigenvalue weighted by molar-refractivity contribution is 0.391. The van der Waals surface area contributed by atoms with E-state index in [4.69, 9.17) is 0 Å². The first-order chi connectivity index (χ1) is 13.6. The number of nitrogens with zero attached hydrogens (tertiary/aromatic N) is 1. The van der Waals surface area contributed by atoms with Crippen molar-refractivity contribution in [1.29, 1.82) is 0 Å². The zero-order chi connectivity index (χ0) is 20.9.